The summed E-state index contributed by atoms with van der Waals surface area (Å²) >= 11 is 0. The Hall–Kier alpha value is -1.55. The molecule has 0 radical (unpaired) electrons. The molecule has 1 aromatic carbocycles. The zero-order chi connectivity index (χ0) is 11.8. The molecule has 0 aliphatic rings. The minimum Gasteiger partial charge on any atom is -0.494 e. The number of hydrogen-bond acceptors (Lipinski definition) is 4. The summed E-state index contributed by atoms with van der Waals surface area (Å²) in [5, 5.41) is 11.4. The van der Waals surface area contributed by atoms with E-state index in [4.69, 9.17) is 9.94 Å². The highest BCUT2D eigenvalue weighted by molar-refractivity contribution is 5.79. The molecule has 0 aromatic heterocycles. The predicted molar refractivity (Wildman–Crippen MR) is 64.5 cm³/mol. The maximum atomic E-state index is 8.41. The van der Waals surface area contributed by atoms with Crippen LogP contribution in [0.25, 0.3) is 0 Å². The molecule has 0 spiro atoms. The van der Waals surface area contributed by atoms with Gasteiger partial charge < -0.3 is 14.8 Å². The van der Waals surface area contributed by atoms with E-state index in [0.29, 0.717) is 6.61 Å². The number of nitrogens with zero attached hydrogens (tertiary/aromatic N) is 2. The van der Waals surface area contributed by atoms with E-state index in [0.717, 1.165) is 24.3 Å². The van der Waals surface area contributed by atoms with Gasteiger partial charge in [0.05, 0.1) is 12.8 Å². The van der Waals surface area contributed by atoms with Gasteiger partial charge in [0.15, 0.2) is 0 Å². The minimum atomic E-state index is 0.692. The molecular formula is C12H18N2O2. The number of rotatable bonds is 6. The van der Waals surface area contributed by atoms with E-state index in [2.05, 4.69) is 10.1 Å². The lowest BCUT2D eigenvalue weighted by atomic mass is 10.2. The fourth-order valence-corrected chi connectivity index (χ4v) is 1.32. The van der Waals surface area contributed by atoms with Crippen LogP contribution in [0.3, 0.4) is 0 Å². The molecule has 0 heterocycles. The Morgan fingerprint density at radius 1 is 1.44 bits per heavy atom. The maximum absolute atomic E-state index is 8.41. The van der Waals surface area contributed by atoms with Gasteiger partial charge in [-0.05, 0) is 38.2 Å². The van der Waals surface area contributed by atoms with E-state index in [-0.39, 0.29) is 0 Å². The molecule has 16 heavy (non-hydrogen) atoms. The lowest BCUT2D eigenvalue weighted by molar-refractivity contribution is 0.281. The first-order valence-corrected chi connectivity index (χ1v) is 5.27. The summed E-state index contributed by atoms with van der Waals surface area (Å²) in [5.74, 6) is 0.802. The molecule has 1 rings (SSSR count). The second kappa shape index (κ2) is 6.85. The first-order valence-electron chi connectivity index (χ1n) is 5.27. The Morgan fingerprint density at radius 2 is 2.25 bits per heavy atom. The highest BCUT2D eigenvalue weighted by atomic mass is 16.5. The van der Waals surface area contributed by atoms with Crippen LogP contribution in [0.15, 0.2) is 29.4 Å². The van der Waals surface area contributed by atoms with Crippen LogP contribution in [0.4, 0.5) is 0 Å². The third kappa shape index (κ3) is 4.79. The molecule has 0 bridgehead atoms. The van der Waals surface area contributed by atoms with Crippen molar-refractivity contribution in [1.82, 2.24) is 4.90 Å². The smallest absolute Gasteiger partial charge is 0.119 e. The Bertz CT molecular complexity index is 338. The quantitative estimate of drug-likeness (QED) is 0.345. The molecule has 0 amide bonds. The van der Waals surface area contributed by atoms with Gasteiger partial charge in [-0.15, -0.1) is 0 Å². The first kappa shape index (κ1) is 12.5. The summed E-state index contributed by atoms with van der Waals surface area (Å²) in [6, 6.07) is 7.46. The molecular weight excluding hydrogens is 204 g/mol. The number of benzene rings is 1. The van der Waals surface area contributed by atoms with Crippen LogP contribution >= 0.6 is 0 Å². The van der Waals surface area contributed by atoms with Crippen molar-refractivity contribution in [2.75, 3.05) is 27.2 Å². The molecule has 1 N–H and O–H groups in total. The molecule has 0 atom stereocenters. The fraction of sp³-hybridized carbons (Fsp3) is 0.417. The van der Waals surface area contributed by atoms with Gasteiger partial charge in [0.2, 0.25) is 0 Å². The van der Waals surface area contributed by atoms with E-state index in [9.17, 15) is 0 Å². The van der Waals surface area contributed by atoms with Gasteiger partial charge in [0.1, 0.15) is 5.75 Å². The van der Waals surface area contributed by atoms with Crippen molar-refractivity contribution in [2.24, 2.45) is 5.16 Å². The molecule has 0 aliphatic carbocycles. The molecule has 0 unspecified atom stereocenters. The van der Waals surface area contributed by atoms with E-state index in [1.165, 1.54) is 6.21 Å². The largest absolute Gasteiger partial charge is 0.494 e. The Balaban J connectivity index is 2.39. The summed E-state index contributed by atoms with van der Waals surface area (Å²) < 4.78 is 5.57. The second-order valence-corrected chi connectivity index (χ2v) is 3.82. The molecule has 4 heteroatoms. The number of ether oxygens (including phenoxy) is 1. The van der Waals surface area contributed by atoms with Gasteiger partial charge in [-0.25, -0.2) is 0 Å². The van der Waals surface area contributed by atoms with E-state index < -0.39 is 0 Å². The van der Waals surface area contributed by atoms with E-state index >= 15 is 0 Å². The van der Waals surface area contributed by atoms with Gasteiger partial charge in [0.25, 0.3) is 0 Å². The normalized spacial score (nSPS) is 11.2. The predicted octanol–water partition coefficient (Wildman–Crippen LogP) is 1.83. The monoisotopic (exact) mass is 222 g/mol. The van der Waals surface area contributed by atoms with E-state index in [1.54, 1.807) is 0 Å². The van der Waals surface area contributed by atoms with E-state index in [1.807, 2.05) is 38.4 Å². The Morgan fingerprint density at radius 3 is 2.94 bits per heavy atom. The zero-order valence-corrected chi connectivity index (χ0v) is 9.76. The molecule has 0 fully saturated rings. The Labute approximate surface area is 96.1 Å². The third-order valence-electron chi connectivity index (χ3n) is 2.08. The second-order valence-electron chi connectivity index (χ2n) is 3.82. The topological polar surface area (TPSA) is 45.1 Å². The minimum absolute atomic E-state index is 0.692. The van der Waals surface area contributed by atoms with Crippen molar-refractivity contribution in [3.8, 4) is 5.75 Å². The van der Waals surface area contributed by atoms with Crippen molar-refractivity contribution >= 4 is 6.21 Å². The molecule has 1 aromatic rings. The summed E-state index contributed by atoms with van der Waals surface area (Å²) in [6.07, 6.45) is 2.37. The molecule has 4 nitrogen and oxygen atoms in total. The average Bonchev–Trinajstić information content (AvgIpc) is 2.25. The van der Waals surface area contributed by atoms with Crippen LogP contribution in [0.2, 0.25) is 0 Å². The van der Waals surface area contributed by atoms with Gasteiger partial charge in [-0.1, -0.05) is 17.3 Å². The van der Waals surface area contributed by atoms with Crippen LogP contribution in [0.1, 0.15) is 12.0 Å². The summed E-state index contributed by atoms with van der Waals surface area (Å²) in [4.78, 5) is 2.12. The van der Waals surface area contributed by atoms with Gasteiger partial charge in [0, 0.05) is 6.54 Å². The van der Waals surface area contributed by atoms with Crippen LogP contribution in [0.5, 0.6) is 5.75 Å². The number of oxime groups is 1. The average molecular weight is 222 g/mol. The van der Waals surface area contributed by atoms with Crippen LogP contribution in [-0.2, 0) is 0 Å². The van der Waals surface area contributed by atoms with Crippen molar-refractivity contribution in [3.05, 3.63) is 29.8 Å². The van der Waals surface area contributed by atoms with Crippen LogP contribution in [-0.4, -0.2) is 43.6 Å². The SMILES string of the molecule is CN(C)CCCOc1cccc(C=NO)c1. The van der Waals surface area contributed by atoms with Crippen molar-refractivity contribution in [1.29, 1.82) is 0 Å². The van der Waals surface area contributed by atoms with Crippen molar-refractivity contribution in [3.63, 3.8) is 0 Å². The summed E-state index contributed by atoms with van der Waals surface area (Å²) in [7, 11) is 4.08. The molecule has 0 saturated carbocycles. The molecule has 0 saturated heterocycles. The maximum Gasteiger partial charge on any atom is 0.119 e. The summed E-state index contributed by atoms with van der Waals surface area (Å²) in [6.45, 7) is 1.70. The highest BCUT2D eigenvalue weighted by Gasteiger charge is 1.96. The third-order valence-corrected chi connectivity index (χ3v) is 2.08. The van der Waals surface area contributed by atoms with Crippen molar-refractivity contribution < 1.29 is 9.94 Å². The summed E-state index contributed by atoms with van der Waals surface area (Å²) in [5.41, 5.74) is 0.826. The lowest BCUT2D eigenvalue weighted by Crippen LogP contribution is -2.15. The highest BCUT2D eigenvalue weighted by Crippen LogP contribution is 2.12. The Kier molecular flexibility index (Phi) is 5.36. The fourth-order valence-electron chi connectivity index (χ4n) is 1.32. The van der Waals surface area contributed by atoms with Gasteiger partial charge >= 0.3 is 0 Å². The van der Waals surface area contributed by atoms with Gasteiger partial charge in [-0.2, -0.15) is 0 Å². The van der Waals surface area contributed by atoms with Gasteiger partial charge in [-0.3, -0.25) is 0 Å². The van der Waals surface area contributed by atoms with Crippen molar-refractivity contribution in [2.45, 2.75) is 6.42 Å². The first-order chi connectivity index (χ1) is 7.72. The zero-order valence-electron chi connectivity index (χ0n) is 9.76. The van der Waals surface area contributed by atoms with Crippen LogP contribution in [0, 0.1) is 0 Å². The standard InChI is InChI=1S/C12H18N2O2/c1-14(2)7-4-8-16-12-6-3-5-11(9-12)10-13-15/h3,5-6,9-10,15H,4,7-8H2,1-2H3. The number of hydrogen-bond donors (Lipinski definition) is 1. The van der Waals surface area contributed by atoms with Crippen LogP contribution < -0.4 is 4.74 Å². The molecule has 88 valence electrons. The molecule has 0 aliphatic heterocycles. The lowest BCUT2D eigenvalue weighted by Gasteiger charge is -2.10.